The van der Waals surface area contributed by atoms with Gasteiger partial charge in [-0.05, 0) is 37.5 Å². The van der Waals surface area contributed by atoms with Gasteiger partial charge in [-0.15, -0.1) is 0 Å². The van der Waals surface area contributed by atoms with E-state index in [0.29, 0.717) is 37.1 Å². The monoisotopic (exact) mass is 381 g/mol. The second-order valence-corrected chi connectivity index (χ2v) is 6.88. The Morgan fingerprint density at radius 1 is 1.43 bits per heavy atom. The lowest BCUT2D eigenvalue weighted by atomic mass is 9.99. The Morgan fingerprint density at radius 3 is 2.96 bits per heavy atom. The molecule has 28 heavy (non-hydrogen) atoms. The van der Waals surface area contributed by atoms with Gasteiger partial charge < -0.3 is 15.3 Å². The maximum atomic E-state index is 12.7. The van der Waals surface area contributed by atoms with Crippen molar-refractivity contribution in [3.05, 3.63) is 41.7 Å². The molecule has 8 heteroatoms. The van der Waals surface area contributed by atoms with E-state index in [9.17, 15) is 14.7 Å². The van der Waals surface area contributed by atoms with Crippen molar-refractivity contribution in [2.45, 2.75) is 32.6 Å². The van der Waals surface area contributed by atoms with Gasteiger partial charge in [-0.1, -0.05) is 19.4 Å². The minimum Gasteiger partial charge on any atom is -0.481 e. The number of benzene rings is 1. The first-order valence-electron chi connectivity index (χ1n) is 9.39. The highest BCUT2D eigenvalue weighted by molar-refractivity contribution is 5.90. The number of carbonyl (C=O) groups is 2. The van der Waals surface area contributed by atoms with Crippen LogP contribution in [0.2, 0.25) is 0 Å². The molecule has 3 rings (SSSR count). The Morgan fingerprint density at radius 2 is 2.25 bits per heavy atom. The number of likely N-dealkylation sites (tertiary alicyclic amines) is 1. The Kier molecular flexibility index (Phi) is 5.94. The minimum atomic E-state index is -0.866. The molecule has 2 heterocycles. The third-order valence-electron chi connectivity index (χ3n) is 4.87. The van der Waals surface area contributed by atoms with Crippen LogP contribution in [0.25, 0.3) is 5.69 Å². The molecule has 1 atom stereocenters. The Balaban J connectivity index is 1.82. The van der Waals surface area contributed by atoms with Gasteiger partial charge in [0.05, 0.1) is 40.8 Å². The van der Waals surface area contributed by atoms with Crippen LogP contribution in [0.4, 0.5) is 10.5 Å². The van der Waals surface area contributed by atoms with Crippen molar-refractivity contribution in [3.63, 3.8) is 0 Å². The number of rotatable bonds is 5. The average Bonchev–Trinajstić information content (AvgIpc) is 3.10. The highest BCUT2D eigenvalue weighted by Gasteiger charge is 2.28. The van der Waals surface area contributed by atoms with E-state index in [4.69, 9.17) is 5.26 Å². The number of nitriles is 1. The fraction of sp³-hybridized carbons (Fsp3) is 0.400. The molecular weight excluding hydrogens is 358 g/mol. The third kappa shape index (κ3) is 4.14. The highest BCUT2D eigenvalue weighted by Crippen LogP contribution is 2.23. The molecule has 0 bridgehead atoms. The summed E-state index contributed by atoms with van der Waals surface area (Å²) in [5.74, 6) is -1.39. The third-order valence-corrected chi connectivity index (χ3v) is 4.87. The maximum Gasteiger partial charge on any atom is 0.321 e. The zero-order chi connectivity index (χ0) is 20.1. The summed E-state index contributed by atoms with van der Waals surface area (Å²) in [5, 5.41) is 25.6. The molecule has 8 nitrogen and oxygen atoms in total. The number of carboxylic acid groups (broad SMARTS) is 1. The number of nitrogens with zero attached hydrogens (tertiary/aromatic N) is 4. The van der Waals surface area contributed by atoms with Crippen molar-refractivity contribution in [2.24, 2.45) is 5.92 Å². The van der Waals surface area contributed by atoms with Crippen LogP contribution in [-0.4, -0.2) is 44.9 Å². The van der Waals surface area contributed by atoms with Crippen molar-refractivity contribution in [1.29, 1.82) is 5.26 Å². The largest absolute Gasteiger partial charge is 0.481 e. The summed E-state index contributed by atoms with van der Waals surface area (Å²) >= 11 is 0. The predicted octanol–water partition coefficient (Wildman–Crippen LogP) is 3.02. The first-order chi connectivity index (χ1) is 13.5. The summed E-state index contributed by atoms with van der Waals surface area (Å²) in [4.78, 5) is 25.5. The number of aliphatic carboxylic acids is 1. The van der Waals surface area contributed by atoms with Gasteiger partial charge in [-0.25, -0.2) is 9.48 Å². The average molecular weight is 381 g/mol. The molecule has 146 valence electrons. The standard InChI is InChI=1S/C20H23N5O3/c1-2-5-18-17(12-22-25(18)16-8-3-6-14(10-16)11-21)23-20(28)24-9-4-7-15(13-24)19(26)27/h3,6,8,10,12,15H,2,4-5,7,9,13H2,1H3,(H,23,28)(H,26,27). The van der Waals surface area contributed by atoms with E-state index in [1.807, 2.05) is 13.0 Å². The number of carbonyl (C=O) groups excluding carboxylic acids is 1. The second-order valence-electron chi connectivity index (χ2n) is 6.88. The number of hydrogen-bond acceptors (Lipinski definition) is 4. The lowest BCUT2D eigenvalue weighted by Crippen LogP contribution is -2.44. The summed E-state index contributed by atoms with van der Waals surface area (Å²) in [6.07, 6.45) is 4.42. The molecule has 2 amide bonds. The van der Waals surface area contributed by atoms with Gasteiger partial charge in [0, 0.05) is 13.1 Å². The van der Waals surface area contributed by atoms with Crippen LogP contribution in [-0.2, 0) is 11.2 Å². The Bertz CT molecular complexity index is 915. The molecule has 1 aromatic carbocycles. The second kappa shape index (κ2) is 8.57. The number of aromatic nitrogens is 2. The fourth-order valence-corrected chi connectivity index (χ4v) is 3.44. The van der Waals surface area contributed by atoms with Crippen molar-refractivity contribution >= 4 is 17.7 Å². The molecule has 2 N–H and O–H groups in total. The van der Waals surface area contributed by atoms with Gasteiger partial charge in [0.15, 0.2) is 0 Å². The number of nitrogens with one attached hydrogen (secondary N) is 1. The number of urea groups is 1. The molecule has 1 aromatic heterocycles. The molecule has 1 fully saturated rings. The molecule has 1 saturated heterocycles. The summed E-state index contributed by atoms with van der Waals surface area (Å²) in [6.45, 7) is 2.79. The topological polar surface area (TPSA) is 111 Å². The van der Waals surface area contributed by atoms with Gasteiger partial charge in [-0.3, -0.25) is 4.79 Å². The fourth-order valence-electron chi connectivity index (χ4n) is 3.44. The molecule has 0 radical (unpaired) electrons. The molecular formula is C20H23N5O3. The van der Waals surface area contributed by atoms with Crippen molar-refractivity contribution in [3.8, 4) is 11.8 Å². The SMILES string of the molecule is CCCc1c(NC(=O)N2CCCC(C(=O)O)C2)cnn1-c1cccc(C#N)c1. The zero-order valence-electron chi connectivity index (χ0n) is 15.8. The summed E-state index contributed by atoms with van der Waals surface area (Å²) < 4.78 is 1.73. The molecule has 2 aromatic rings. The van der Waals surface area contributed by atoms with E-state index in [1.54, 1.807) is 34.0 Å². The van der Waals surface area contributed by atoms with Crippen molar-refractivity contribution < 1.29 is 14.7 Å². The van der Waals surface area contributed by atoms with E-state index < -0.39 is 11.9 Å². The molecule has 0 spiro atoms. The van der Waals surface area contributed by atoms with E-state index >= 15 is 0 Å². The number of hydrogen-bond donors (Lipinski definition) is 2. The number of amides is 2. The van der Waals surface area contributed by atoms with Crippen molar-refractivity contribution in [2.75, 3.05) is 18.4 Å². The Hall–Kier alpha value is -3.34. The first kappa shape index (κ1) is 19.4. The Labute approximate surface area is 163 Å². The molecule has 1 aliphatic heterocycles. The van der Waals surface area contributed by atoms with Gasteiger partial charge >= 0.3 is 12.0 Å². The molecule has 1 aliphatic rings. The lowest BCUT2D eigenvalue weighted by Gasteiger charge is -2.30. The van der Waals surface area contributed by atoms with Crippen LogP contribution in [0, 0.1) is 17.2 Å². The van der Waals surface area contributed by atoms with Crippen LogP contribution in [0.1, 0.15) is 37.4 Å². The first-order valence-corrected chi connectivity index (χ1v) is 9.39. The van der Waals surface area contributed by atoms with Gasteiger partial charge in [0.25, 0.3) is 0 Å². The summed E-state index contributed by atoms with van der Waals surface area (Å²) in [7, 11) is 0. The van der Waals surface area contributed by atoms with Gasteiger partial charge in [-0.2, -0.15) is 10.4 Å². The molecule has 0 saturated carbocycles. The lowest BCUT2D eigenvalue weighted by molar-refractivity contribution is -0.143. The van der Waals surface area contributed by atoms with E-state index in [0.717, 1.165) is 17.8 Å². The molecule has 0 aliphatic carbocycles. The smallest absolute Gasteiger partial charge is 0.321 e. The van der Waals surface area contributed by atoms with E-state index in [-0.39, 0.29) is 12.6 Å². The number of piperidine rings is 1. The van der Waals surface area contributed by atoms with Crippen LogP contribution in [0.3, 0.4) is 0 Å². The van der Waals surface area contributed by atoms with Crippen LogP contribution < -0.4 is 5.32 Å². The number of anilines is 1. The van der Waals surface area contributed by atoms with Crippen LogP contribution >= 0.6 is 0 Å². The van der Waals surface area contributed by atoms with Gasteiger partial charge in [0.2, 0.25) is 0 Å². The van der Waals surface area contributed by atoms with Crippen LogP contribution in [0.15, 0.2) is 30.5 Å². The normalized spacial score (nSPS) is 16.4. The van der Waals surface area contributed by atoms with Crippen LogP contribution in [0.5, 0.6) is 0 Å². The van der Waals surface area contributed by atoms with E-state index in [1.165, 1.54) is 0 Å². The quantitative estimate of drug-likeness (QED) is 0.827. The highest BCUT2D eigenvalue weighted by atomic mass is 16.4. The van der Waals surface area contributed by atoms with Gasteiger partial charge in [0.1, 0.15) is 0 Å². The van der Waals surface area contributed by atoms with E-state index in [2.05, 4.69) is 16.5 Å². The minimum absolute atomic E-state index is 0.211. The predicted molar refractivity (Wildman–Crippen MR) is 103 cm³/mol. The molecule has 1 unspecified atom stereocenters. The summed E-state index contributed by atoms with van der Waals surface area (Å²) in [5.41, 5.74) is 2.74. The maximum absolute atomic E-state index is 12.7. The van der Waals surface area contributed by atoms with Crippen molar-refractivity contribution in [1.82, 2.24) is 14.7 Å². The number of carboxylic acids is 1. The summed E-state index contributed by atoms with van der Waals surface area (Å²) in [6, 6.07) is 8.94. The zero-order valence-corrected chi connectivity index (χ0v) is 15.8.